The monoisotopic (exact) mass is 396 g/mol. The standard InChI is InChI=1S/C14H16Br2ClF/c1-8-2-4-9(5-3-8)14(16)10-6-12(17)11(15)7-13(10)18/h6-9,14H,2-5H2,1H3. The molecule has 0 radical (unpaired) electrons. The van der Waals surface area contributed by atoms with Crippen LogP contribution in [0.5, 0.6) is 0 Å². The maximum Gasteiger partial charge on any atom is 0.128 e. The first-order valence-corrected chi connectivity index (χ1v) is 8.36. The molecule has 0 nitrogen and oxygen atoms in total. The first kappa shape index (κ1) is 14.8. The molecule has 1 unspecified atom stereocenters. The van der Waals surface area contributed by atoms with Crippen molar-refractivity contribution in [3.8, 4) is 0 Å². The van der Waals surface area contributed by atoms with E-state index in [-0.39, 0.29) is 10.6 Å². The summed E-state index contributed by atoms with van der Waals surface area (Å²) in [4.78, 5) is 0.0654. The lowest BCUT2D eigenvalue weighted by Crippen LogP contribution is -2.17. The molecule has 0 heterocycles. The van der Waals surface area contributed by atoms with Gasteiger partial charge in [-0.3, -0.25) is 0 Å². The molecule has 0 spiro atoms. The van der Waals surface area contributed by atoms with E-state index in [0.717, 1.165) is 18.8 Å². The lowest BCUT2D eigenvalue weighted by molar-refractivity contribution is 0.285. The van der Waals surface area contributed by atoms with E-state index < -0.39 is 0 Å². The van der Waals surface area contributed by atoms with Crippen LogP contribution in [0.15, 0.2) is 16.6 Å². The second kappa shape index (κ2) is 6.23. The van der Waals surface area contributed by atoms with Crippen LogP contribution >= 0.6 is 43.5 Å². The van der Waals surface area contributed by atoms with E-state index in [1.807, 2.05) is 0 Å². The molecule has 1 fully saturated rings. The molecule has 0 N–H and O–H groups in total. The zero-order chi connectivity index (χ0) is 13.3. The minimum Gasteiger partial charge on any atom is -0.207 e. The summed E-state index contributed by atoms with van der Waals surface area (Å²) in [5, 5.41) is 0.569. The molecule has 18 heavy (non-hydrogen) atoms. The van der Waals surface area contributed by atoms with E-state index in [1.165, 1.54) is 18.9 Å². The molecular formula is C14H16Br2ClF. The number of hydrogen-bond acceptors (Lipinski definition) is 0. The predicted molar refractivity (Wildman–Crippen MR) is 81.9 cm³/mol. The zero-order valence-corrected chi connectivity index (χ0v) is 14.2. The molecule has 2 rings (SSSR count). The molecule has 0 bridgehead atoms. The Labute approximate surface area is 130 Å². The highest BCUT2D eigenvalue weighted by atomic mass is 79.9. The van der Waals surface area contributed by atoms with Gasteiger partial charge in [-0.05, 0) is 52.7 Å². The Balaban J connectivity index is 2.18. The van der Waals surface area contributed by atoms with Crippen LogP contribution in [0.2, 0.25) is 5.02 Å². The van der Waals surface area contributed by atoms with E-state index in [1.54, 1.807) is 6.07 Å². The number of benzene rings is 1. The van der Waals surface area contributed by atoms with E-state index in [0.29, 0.717) is 21.0 Å². The van der Waals surface area contributed by atoms with Crippen LogP contribution in [0, 0.1) is 17.7 Å². The second-order valence-corrected chi connectivity index (χ2v) is 7.46. The fourth-order valence-corrected chi connectivity index (χ4v) is 3.95. The van der Waals surface area contributed by atoms with Crippen molar-refractivity contribution in [2.24, 2.45) is 11.8 Å². The van der Waals surface area contributed by atoms with Gasteiger partial charge in [0, 0.05) is 14.9 Å². The van der Waals surface area contributed by atoms with E-state index in [4.69, 9.17) is 11.6 Å². The van der Waals surface area contributed by atoms with Gasteiger partial charge in [-0.15, -0.1) is 0 Å². The molecule has 1 saturated carbocycles. The van der Waals surface area contributed by atoms with Gasteiger partial charge < -0.3 is 0 Å². The van der Waals surface area contributed by atoms with Gasteiger partial charge >= 0.3 is 0 Å². The number of hydrogen-bond donors (Lipinski definition) is 0. The first-order chi connectivity index (χ1) is 8.49. The molecule has 100 valence electrons. The van der Waals surface area contributed by atoms with Gasteiger partial charge in [0.15, 0.2) is 0 Å². The van der Waals surface area contributed by atoms with Crippen molar-refractivity contribution in [2.45, 2.75) is 37.4 Å². The van der Waals surface area contributed by atoms with E-state index in [9.17, 15) is 4.39 Å². The Morgan fingerprint density at radius 3 is 2.50 bits per heavy atom. The maximum atomic E-state index is 14.0. The highest BCUT2D eigenvalue weighted by molar-refractivity contribution is 9.10. The summed E-state index contributed by atoms with van der Waals surface area (Å²) in [6.07, 6.45) is 4.78. The third-order valence-corrected chi connectivity index (χ3v) is 6.25. The molecule has 0 aliphatic heterocycles. The molecule has 1 aromatic rings. The summed E-state index contributed by atoms with van der Waals surface area (Å²) < 4.78 is 14.6. The third-order valence-electron chi connectivity index (χ3n) is 3.81. The molecule has 0 aromatic heterocycles. The molecule has 1 aromatic carbocycles. The molecular weight excluding hydrogens is 382 g/mol. The van der Waals surface area contributed by atoms with Crippen molar-refractivity contribution in [1.29, 1.82) is 0 Å². The summed E-state index contributed by atoms with van der Waals surface area (Å²) in [7, 11) is 0. The van der Waals surface area contributed by atoms with Gasteiger partial charge in [-0.25, -0.2) is 4.39 Å². The van der Waals surface area contributed by atoms with Crippen LogP contribution in [0.4, 0.5) is 4.39 Å². The maximum absolute atomic E-state index is 14.0. The highest BCUT2D eigenvalue weighted by Gasteiger charge is 2.27. The van der Waals surface area contributed by atoms with Crippen LogP contribution in [0.1, 0.15) is 43.0 Å². The minimum atomic E-state index is -0.188. The Morgan fingerprint density at radius 1 is 1.28 bits per heavy atom. The van der Waals surface area contributed by atoms with Crippen molar-refractivity contribution in [3.63, 3.8) is 0 Å². The number of alkyl halides is 1. The molecule has 1 aliphatic rings. The van der Waals surface area contributed by atoms with Gasteiger partial charge in [0.25, 0.3) is 0 Å². The topological polar surface area (TPSA) is 0 Å². The fourth-order valence-electron chi connectivity index (χ4n) is 2.58. The normalized spacial score (nSPS) is 26.1. The van der Waals surface area contributed by atoms with Crippen molar-refractivity contribution in [3.05, 3.63) is 33.0 Å². The lowest BCUT2D eigenvalue weighted by Gasteiger charge is -2.30. The predicted octanol–water partition coefficient (Wildman–Crippen LogP) is 6.50. The highest BCUT2D eigenvalue weighted by Crippen LogP contribution is 2.43. The van der Waals surface area contributed by atoms with Gasteiger partial charge in [-0.1, -0.05) is 47.3 Å². The van der Waals surface area contributed by atoms with Crippen LogP contribution < -0.4 is 0 Å². The Morgan fingerprint density at radius 2 is 1.89 bits per heavy atom. The largest absolute Gasteiger partial charge is 0.207 e. The van der Waals surface area contributed by atoms with Crippen LogP contribution in [-0.4, -0.2) is 0 Å². The SMILES string of the molecule is CC1CCC(C(Br)c2cc(Cl)c(Br)cc2F)CC1. The smallest absolute Gasteiger partial charge is 0.128 e. The van der Waals surface area contributed by atoms with Crippen LogP contribution in [-0.2, 0) is 0 Å². The Hall–Kier alpha value is 0.400. The second-order valence-electron chi connectivity index (χ2n) is 5.21. The Bertz CT molecular complexity index is 428. The summed E-state index contributed by atoms with van der Waals surface area (Å²) in [5.74, 6) is 1.12. The van der Waals surface area contributed by atoms with Gasteiger partial charge in [0.1, 0.15) is 5.82 Å². The van der Waals surface area contributed by atoms with Gasteiger partial charge in [-0.2, -0.15) is 0 Å². The fraction of sp³-hybridized carbons (Fsp3) is 0.571. The van der Waals surface area contributed by atoms with Crippen molar-refractivity contribution >= 4 is 43.5 Å². The van der Waals surface area contributed by atoms with Crippen molar-refractivity contribution in [2.75, 3.05) is 0 Å². The molecule has 4 heteroatoms. The summed E-state index contributed by atoms with van der Waals surface area (Å²) in [5.41, 5.74) is 0.683. The minimum absolute atomic E-state index is 0.0654. The average Bonchev–Trinajstić information content (AvgIpc) is 2.34. The molecule has 1 atom stereocenters. The molecule has 0 saturated heterocycles. The summed E-state index contributed by atoms with van der Waals surface area (Å²) in [6.45, 7) is 2.29. The van der Waals surface area contributed by atoms with Crippen LogP contribution in [0.3, 0.4) is 0 Å². The van der Waals surface area contributed by atoms with Crippen molar-refractivity contribution in [1.82, 2.24) is 0 Å². The van der Waals surface area contributed by atoms with Crippen molar-refractivity contribution < 1.29 is 4.39 Å². The molecule has 1 aliphatic carbocycles. The van der Waals surface area contributed by atoms with E-state index in [2.05, 4.69) is 38.8 Å². The zero-order valence-electron chi connectivity index (χ0n) is 10.2. The summed E-state index contributed by atoms with van der Waals surface area (Å²) in [6, 6.07) is 3.19. The van der Waals surface area contributed by atoms with Crippen LogP contribution in [0.25, 0.3) is 0 Å². The quantitative estimate of drug-likeness (QED) is 0.394. The third kappa shape index (κ3) is 3.29. The average molecular weight is 399 g/mol. The Kier molecular flexibility index (Phi) is 5.13. The lowest BCUT2D eigenvalue weighted by atomic mass is 9.80. The molecule has 0 amide bonds. The number of rotatable bonds is 2. The van der Waals surface area contributed by atoms with E-state index >= 15 is 0 Å². The van der Waals surface area contributed by atoms with Gasteiger partial charge in [0.2, 0.25) is 0 Å². The first-order valence-electron chi connectivity index (χ1n) is 6.27. The summed E-state index contributed by atoms with van der Waals surface area (Å²) >= 11 is 13.0. The number of halogens is 4. The van der Waals surface area contributed by atoms with Gasteiger partial charge in [0.05, 0.1) is 5.02 Å².